The first-order valence-electron chi connectivity index (χ1n) is 11.5. The smallest absolute Gasteiger partial charge is 0.381 e. The van der Waals surface area contributed by atoms with E-state index in [0.29, 0.717) is 10.1 Å². The number of thioether (sulfide) groups is 1. The molecular formula is C22H25F2N4O7PS. The summed E-state index contributed by atoms with van der Waals surface area (Å²) >= 11 is 1.68. The lowest BCUT2D eigenvalue weighted by molar-refractivity contribution is -0.139. The first-order chi connectivity index (χ1) is 17.4. The molecule has 2 saturated heterocycles. The van der Waals surface area contributed by atoms with Gasteiger partial charge in [-0.05, 0) is 45.0 Å². The topological polar surface area (TPSA) is 130 Å². The molecule has 3 aliphatic heterocycles. The molecule has 0 radical (unpaired) electrons. The second-order valence-corrected chi connectivity index (χ2v) is 11.8. The van der Waals surface area contributed by atoms with Crippen molar-refractivity contribution >= 4 is 37.0 Å². The lowest BCUT2D eigenvalue weighted by Gasteiger charge is -2.32. The van der Waals surface area contributed by atoms with Crippen LogP contribution in [0.4, 0.5) is 20.3 Å². The standard InChI is InChI=1S/C22H25F2N4O7PS/c1-11(2)34-36(31)32-9-15-18(35-36)22(23,24)20(33-15)28-7-6-17(27-21(28)30)26-19(29)13-4-5-16-14(8-13)25-12(3)10-37-16/h4-8,11-12,15,18,20,25H,9-10H2,1-3H3,(H,26,27,29,30)/t12?,15-,18-,20?,36?/m1/s1. The number of phosphoric ester groups is 1. The highest BCUT2D eigenvalue weighted by molar-refractivity contribution is 7.99. The van der Waals surface area contributed by atoms with E-state index >= 15 is 8.78 Å². The van der Waals surface area contributed by atoms with Gasteiger partial charge in [0, 0.05) is 34.1 Å². The number of ether oxygens (including phenoxy) is 1. The molecule has 0 aliphatic carbocycles. The number of nitrogens with zero attached hydrogens (tertiary/aromatic N) is 2. The number of fused-ring (bicyclic) bond motifs is 2. The average Bonchev–Trinajstić information content (AvgIpc) is 3.07. The molecule has 5 atom stereocenters. The highest BCUT2D eigenvalue weighted by atomic mass is 32.2. The molecule has 2 N–H and O–H groups in total. The van der Waals surface area contributed by atoms with E-state index in [0.717, 1.165) is 22.5 Å². The van der Waals surface area contributed by atoms with Gasteiger partial charge in [-0.25, -0.2) is 9.36 Å². The summed E-state index contributed by atoms with van der Waals surface area (Å²) in [5, 5.41) is 5.82. The van der Waals surface area contributed by atoms with Gasteiger partial charge in [-0.1, -0.05) is 0 Å². The van der Waals surface area contributed by atoms with Crippen LogP contribution in [0.3, 0.4) is 0 Å². The zero-order valence-corrected chi connectivity index (χ0v) is 21.8. The molecule has 0 bridgehead atoms. The monoisotopic (exact) mass is 558 g/mol. The predicted molar refractivity (Wildman–Crippen MR) is 130 cm³/mol. The summed E-state index contributed by atoms with van der Waals surface area (Å²) in [6, 6.07) is 6.64. The molecule has 2 aromatic rings. The number of aromatic nitrogens is 2. The largest absolute Gasteiger partial charge is 0.475 e. The second kappa shape index (κ2) is 9.75. The molecule has 1 aromatic heterocycles. The number of phosphoric acid groups is 1. The van der Waals surface area contributed by atoms with E-state index in [-0.39, 0.29) is 11.9 Å². The molecule has 0 saturated carbocycles. The van der Waals surface area contributed by atoms with Crippen molar-refractivity contribution < 1.29 is 36.4 Å². The van der Waals surface area contributed by atoms with Crippen molar-refractivity contribution in [2.45, 2.75) is 62.2 Å². The molecule has 3 unspecified atom stereocenters. The Morgan fingerprint density at radius 3 is 2.89 bits per heavy atom. The molecule has 15 heteroatoms. The van der Waals surface area contributed by atoms with Crippen molar-refractivity contribution in [1.82, 2.24) is 9.55 Å². The van der Waals surface area contributed by atoms with Gasteiger partial charge < -0.3 is 15.4 Å². The molecular weight excluding hydrogens is 533 g/mol. The Balaban J connectivity index is 1.32. The Hall–Kier alpha value is -2.35. The van der Waals surface area contributed by atoms with E-state index in [4.69, 9.17) is 18.3 Å². The number of carbonyl (C=O) groups is 1. The van der Waals surface area contributed by atoms with Crippen molar-refractivity contribution in [2.75, 3.05) is 23.0 Å². The summed E-state index contributed by atoms with van der Waals surface area (Å²) in [5.74, 6) is -3.48. The third-order valence-electron chi connectivity index (χ3n) is 5.79. The summed E-state index contributed by atoms with van der Waals surface area (Å²) in [6.07, 6.45) is -4.89. The number of hydrogen-bond donors (Lipinski definition) is 2. The molecule has 1 aromatic carbocycles. The number of halogens is 2. The third-order valence-corrected chi connectivity index (χ3v) is 8.75. The van der Waals surface area contributed by atoms with Gasteiger partial charge in [-0.2, -0.15) is 13.8 Å². The third kappa shape index (κ3) is 5.18. The summed E-state index contributed by atoms with van der Waals surface area (Å²) in [4.78, 5) is 30.1. The average molecular weight is 559 g/mol. The highest BCUT2D eigenvalue weighted by Gasteiger charge is 2.65. The van der Waals surface area contributed by atoms with Gasteiger partial charge in [0.15, 0.2) is 6.10 Å². The van der Waals surface area contributed by atoms with Gasteiger partial charge in [-0.3, -0.25) is 22.9 Å². The molecule has 4 heterocycles. The maximum atomic E-state index is 15.2. The zero-order chi connectivity index (χ0) is 26.5. The minimum absolute atomic E-state index is 0.118. The summed E-state index contributed by atoms with van der Waals surface area (Å²) in [6.45, 7) is 4.67. The fourth-order valence-corrected chi connectivity index (χ4v) is 6.68. The van der Waals surface area contributed by atoms with Crippen LogP contribution in [-0.4, -0.2) is 58.1 Å². The van der Waals surface area contributed by atoms with Crippen LogP contribution in [0.15, 0.2) is 40.2 Å². The molecule has 37 heavy (non-hydrogen) atoms. The number of benzene rings is 1. The summed E-state index contributed by atoms with van der Waals surface area (Å²) in [7, 11) is -4.23. The second-order valence-electron chi connectivity index (χ2n) is 9.15. The SMILES string of the molecule is CC1CSc2ccc(C(=O)Nc3ccn(C4O[C@@H]5COP(=O)(OC(C)C)O[C@H]5C4(F)F)c(=O)n3)cc2N1. The molecule has 1 amide bonds. The van der Waals surface area contributed by atoms with Crippen LogP contribution in [0.25, 0.3) is 0 Å². The Kier molecular flexibility index (Phi) is 6.92. The van der Waals surface area contributed by atoms with Gasteiger partial charge >= 0.3 is 19.4 Å². The molecule has 5 rings (SSSR count). The summed E-state index contributed by atoms with van der Waals surface area (Å²) < 4.78 is 64.1. The molecule has 200 valence electrons. The van der Waals surface area contributed by atoms with E-state index in [1.807, 2.05) is 13.0 Å². The lowest BCUT2D eigenvalue weighted by Crippen LogP contribution is -2.45. The van der Waals surface area contributed by atoms with E-state index in [1.54, 1.807) is 37.7 Å². The Labute approximate surface area is 214 Å². The van der Waals surface area contributed by atoms with Crippen molar-refractivity contribution in [1.29, 1.82) is 0 Å². The maximum absolute atomic E-state index is 15.2. The first-order valence-corrected chi connectivity index (χ1v) is 14.0. The number of rotatable bonds is 5. The van der Waals surface area contributed by atoms with Gasteiger partial charge in [0.1, 0.15) is 11.9 Å². The van der Waals surface area contributed by atoms with Gasteiger partial charge in [0.25, 0.3) is 5.91 Å². The Morgan fingerprint density at radius 1 is 1.38 bits per heavy atom. The highest BCUT2D eigenvalue weighted by Crippen LogP contribution is 2.60. The molecule has 0 spiro atoms. The maximum Gasteiger partial charge on any atom is 0.475 e. The fraction of sp³-hybridized carbons (Fsp3) is 0.500. The van der Waals surface area contributed by atoms with E-state index in [9.17, 15) is 14.2 Å². The fourth-order valence-electron chi connectivity index (χ4n) is 4.16. The number of anilines is 2. The van der Waals surface area contributed by atoms with Crippen molar-refractivity contribution in [3.05, 3.63) is 46.5 Å². The zero-order valence-electron chi connectivity index (χ0n) is 20.1. The van der Waals surface area contributed by atoms with Gasteiger partial charge in [0.05, 0.1) is 12.7 Å². The van der Waals surface area contributed by atoms with Crippen LogP contribution in [0.1, 0.15) is 37.4 Å². The lowest BCUT2D eigenvalue weighted by atomic mass is 10.1. The molecule has 3 aliphatic rings. The van der Waals surface area contributed by atoms with E-state index in [2.05, 4.69) is 15.6 Å². The number of hydrogen-bond acceptors (Lipinski definition) is 10. The molecule has 11 nitrogen and oxygen atoms in total. The first kappa shape index (κ1) is 26.3. The molecule has 2 fully saturated rings. The quantitative estimate of drug-likeness (QED) is 0.522. The van der Waals surface area contributed by atoms with Crippen LogP contribution in [0.2, 0.25) is 0 Å². The predicted octanol–water partition coefficient (Wildman–Crippen LogP) is 3.88. The summed E-state index contributed by atoms with van der Waals surface area (Å²) in [5.41, 5.74) is 0.0873. The number of alkyl halides is 2. The van der Waals surface area contributed by atoms with Crippen molar-refractivity contribution in [2.24, 2.45) is 0 Å². The van der Waals surface area contributed by atoms with Crippen LogP contribution in [0, 0.1) is 0 Å². The van der Waals surface area contributed by atoms with Crippen molar-refractivity contribution in [3.63, 3.8) is 0 Å². The van der Waals surface area contributed by atoms with Gasteiger partial charge in [-0.15, -0.1) is 11.8 Å². The van der Waals surface area contributed by atoms with Crippen molar-refractivity contribution in [3.8, 4) is 0 Å². The normalized spacial score (nSPS) is 30.3. The van der Waals surface area contributed by atoms with Crippen LogP contribution < -0.4 is 16.3 Å². The Bertz CT molecular complexity index is 1330. The Morgan fingerprint density at radius 2 is 2.16 bits per heavy atom. The van der Waals surface area contributed by atoms with Crippen LogP contribution in [-0.2, 0) is 22.9 Å². The van der Waals surface area contributed by atoms with E-state index in [1.165, 1.54) is 6.07 Å². The minimum atomic E-state index is -4.23. The van der Waals surface area contributed by atoms with Crippen LogP contribution in [0.5, 0.6) is 0 Å². The number of nitrogens with one attached hydrogen (secondary N) is 2. The number of amides is 1. The van der Waals surface area contributed by atoms with Gasteiger partial charge in [0.2, 0.25) is 6.23 Å². The van der Waals surface area contributed by atoms with E-state index < -0.39 is 56.5 Å². The number of carbonyl (C=O) groups excluding carboxylic acids is 1. The van der Waals surface area contributed by atoms with Crippen LogP contribution >= 0.6 is 19.6 Å². The minimum Gasteiger partial charge on any atom is -0.381 e.